The Labute approximate surface area is 152 Å². The molecule has 1 amide bonds. The van der Waals surface area contributed by atoms with E-state index in [0.29, 0.717) is 0 Å². The predicted molar refractivity (Wildman–Crippen MR) is 102 cm³/mol. The molecule has 1 saturated heterocycles. The van der Waals surface area contributed by atoms with E-state index in [1.165, 1.54) is 0 Å². The van der Waals surface area contributed by atoms with Crippen molar-refractivity contribution >= 4 is 29.3 Å². The Balaban J connectivity index is 1.57. The van der Waals surface area contributed by atoms with Gasteiger partial charge in [-0.25, -0.2) is 9.97 Å². The first-order valence-corrected chi connectivity index (χ1v) is 9.61. The van der Waals surface area contributed by atoms with Gasteiger partial charge < -0.3 is 10.2 Å². The van der Waals surface area contributed by atoms with Gasteiger partial charge in [-0.05, 0) is 31.4 Å². The quantitative estimate of drug-likeness (QED) is 0.829. The molecule has 0 radical (unpaired) electrons. The fraction of sp³-hybridized carbons (Fsp3) is 0.389. The SMILES string of the molecule is CSc1ccccc1NC(=O)C(C)N1CCN(c2ncccn2)CC1. The van der Waals surface area contributed by atoms with Gasteiger partial charge in [-0.15, -0.1) is 11.8 Å². The Bertz CT molecular complexity index is 704. The number of carbonyl (C=O) groups is 1. The summed E-state index contributed by atoms with van der Waals surface area (Å²) in [6.45, 7) is 5.24. The highest BCUT2D eigenvalue weighted by molar-refractivity contribution is 7.98. The van der Waals surface area contributed by atoms with Crippen LogP contribution in [0.5, 0.6) is 0 Å². The number of rotatable bonds is 5. The summed E-state index contributed by atoms with van der Waals surface area (Å²) in [5.74, 6) is 0.791. The number of aromatic nitrogens is 2. The minimum atomic E-state index is -0.172. The van der Waals surface area contributed by atoms with E-state index in [1.807, 2.05) is 43.5 Å². The third-order valence-electron chi connectivity index (χ3n) is 4.44. The molecule has 1 aliphatic heterocycles. The monoisotopic (exact) mass is 357 g/mol. The number of nitrogens with one attached hydrogen (secondary N) is 1. The van der Waals surface area contributed by atoms with Crippen molar-refractivity contribution in [2.75, 3.05) is 42.7 Å². The van der Waals surface area contributed by atoms with E-state index >= 15 is 0 Å². The molecular formula is C18H23N5OS. The molecule has 1 fully saturated rings. The Kier molecular flexibility index (Phi) is 5.88. The number of carbonyl (C=O) groups excluding carboxylic acids is 1. The van der Waals surface area contributed by atoms with Crippen molar-refractivity contribution in [1.82, 2.24) is 14.9 Å². The van der Waals surface area contributed by atoms with Crippen molar-refractivity contribution in [3.05, 3.63) is 42.7 Å². The van der Waals surface area contributed by atoms with Crippen LogP contribution in [0.15, 0.2) is 47.6 Å². The van der Waals surface area contributed by atoms with Gasteiger partial charge in [-0.1, -0.05) is 12.1 Å². The minimum Gasteiger partial charge on any atom is -0.338 e. The lowest BCUT2D eigenvalue weighted by Gasteiger charge is -2.37. The normalized spacial score (nSPS) is 16.5. The van der Waals surface area contributed by atoms with E-state index in [0.717, 1.165) is 42.7 Å². The summed E-state index contributed by atoms with van der Waals surface area (Å²) in [7, 11) is 0. The van der Waals surface area contributed by atoms with E-state index in [4.69, 9.17) is 0 Å². The summed E-state index contributed by atoms with van der Waals surface area (Å²) in [5, 5.41) is 3.06. The number of hydrogen-bond donors (Lipinski definition) is 1. The number of amides is 1. The summed E-state index contributed by atoms with van der Waals surface area (Å²) >= 11 is 1.63. The maximum Gasteiger partial charge on any atom is 0.241 e. The van der Waals surface area contributed by atoms with Gasteiger partial charge in [0.1, 0.15) is 0 Å². The lowest BCUT2D eigenvalue weighted by Crippen LogP contribution is -2.53. The van der Waals surface area contributed by atoms with Crippen LogP contribution in [0.2, 0.25) is 0 Å². The van der Waals surface area contributed by atoms with E-state index in [1.54, 1.807) is 24.2 Å². The number of hydrogen-bond acceptors (Lipinski definition) is 6. The van der Waals surface area contributed by atoms with E-state index < -0.39 is 0 Å². The Morgan fingerprint density at radius 3 is 2.48 bits per heavy atom. The van der Waals surface area contributed by atoms with Crippen molar-refractivity contribution in [3.63, 3.8) is 0 Å². The average Bonchev–Trinajstić information content (AvgIpc) is 2.68. The van der Waals surface area contributed by atoms with Crippen LogP contribution in [0.25, 0.3) is 0 Å². The smallest absolute Gasteiger partial charge is 0.241 e. The molecule has 0 saturated carbocycles. The highest BCUT2D eigenvalue weighted by Crippen LogP contribution is 2.25. The average molecular weight is 357 g/mol. The molecule has 7 heteroatoms. The predicted octanol–water partition coefficient (Wildman–Crippen LogP) is 2.35. The van der Waals surface area contributed by atoms with Gasteiger partial charge in [0.2, 0.25) is 11.9 Å². The maximum atomic E-state index is 12.6. The molecule has 6 nitrogen and oxygen atoms in total. The van der Waals surface area contributed by atoms with Crippen LogP contribution < -0.4 is 10.2 Å². The molecule has 0 aliphatic carbocycles. The zero-order valence-electron chi connectivity index (χ0n) is 14.6. The van der Waals surface area contributed by atoms with Crippen molar-refractivity contribution in [2.45, 2.75) is 17.9 Å². The number of benzene rings is 1. The first kappa shape index (κ1) is 17.7. The van der Waals surface area contributed by atoms with E-state index in [2.05, 4.69) is 25.1 Å². The van der Waals surface area contributed by atoms with Gasteiger partial charge in [0.05, 0.1) is 11.7 Å². The van der Waals surface area contributed by atoms with E-state index in [-0.39, 0.29) is 11.9 Å². The lowest BCUT2D eigenvalue weighted by molar-refractivity contribution is -0.120. The first-order valence-electron chi connectivity index (χ1n) is 8.39. The fourth-order valence-corrected chi connectivity index (χ4v) is 3.47. The second-order valence-corrected chi connectivity index (χ2v) is 6.79. The van der Waals surface area contributed by atoms with Crippen LogP contribution in [-0.2, 0) is 4.79 Å². The third-order valence-corrected chi connectivity index (χ3v) is 5.24. The topological polar surface area (TPSA) is 61.4 Å². The van der Waals surface area contributed by atoms with Crippen molar-refractivity contribution in [3.8, 4) is 0 Å². The van der Waals surface area contributed by atoms with Gasteiger partial charge in [0, 0.05) is 43.5 Å². The second-order valence-electron chi connectivity index (χ2n) is 5.94. The molecule has 1 unspecified atom stereocenters. The molecule has 0 bridgehead atoms. The zero-order valence-corrected chi connectivity index (χ0v) is 15.4. The molecule has 1 N–H and O–H groups in total. The van der Waals surface area contributed by atoms with Crippen LogP contribution in [-0.4, -0.2) is 59.3 Å². The summed E-state index contributed by atoms with van der Waals surface area (Å²) in [6, 6.07) is 9.53. The Morgan fingerprint density at radius 1 is 1.12 bits per heavy atom. The first-order chi connectivity index (χ1) is 12.2. The standard InChI is InChI=1S/C18H23N5OS/c1-14(17(24)21-15-6-3-4-7-16(15)25-2)22-10-12-23(13-11-22)18-19-8-5-9-20-18/h3-9,14H,10-13H2,1-2H3,(H,21,24). The number of anilines is 2. The van der Waals surface area contributed by atoms with Crippen molar-refractivity contribution < 1.29 is 4.79 Å². The molecule has 2 aromatic rings. The number of para-hydroxylation sites is 1. The third kappa shape index (κ3) is 4.29. The van der Waals surface area contributed by atoms with Gasteiger partial charge in [-0.3, -0.25) is 9.69 Å². The van der Waals surface area contributed by atoms with Crippen LogP contribution in [0.4, 0.5) is 11.6 Å². The van der Waals surface area contributed by atoms with Crippen LogP contribution >= 0.6 is 11.8 Å². The van der Waals surface area contributed by atoms with Crippen LogP contribution in [0.3, 0.4) is 0 Å². The van der Waals surface area contributed by atoms with Gasteiger partial charge in [0.15, 0.2) is 0 Å². The van der Waals surface area contributed by atoms with Gasteiger partial charge >= 0.3 is 0 Å². The summed E-state index contributed by atoms with van der Waals surface area (Å²) in [4.78, 5) is 26.7. The number of piperazine rings is 1. The molecule has 1 aromatic carbocycles. The minimum absolute atomic E-state index is 0.0333. The summed E-state index contributed by atoms with van der Waals surface area (Å²) < 4.78 is 0. The molecule has 1 aliphatic rings. The molecule has 1 atom stereocenters. The second kappa shape index (κ2) is 8.31. The molecular weight excluding hydrogens is 334 g/mol. The molecule has 1 aromatic heterocycles. The maximum absolute atomic E-state index is 12.6. The van der Waals surface area contributed by atoms with Crippen LogP contribution in [0, 0.1) is 0 Å². The molecule has 0 spiro atoms. The lowest BCUT2D eigenvalue weighted by atomic mass is 10.2. The van der Waals surface area contributed by atoms with Gasteiger partial charge in [-0.2, -0.15) is 0 Å². The molecule has 3 rings (SSSR count). The molecule has 132 valence electrons. The Hall–Kier alpha value is -2.12. The number of nitrogens with zero attached hydrogens (tertiary/aromatic N) is 4. The molecule has 2 heterocycles. The van der Waals surface area contributed by atoms with Crippen molar-refractivity contribution in [1.29, 1.82) is 0 Å². The zero-order chi connectivity index (χ0) is 17.6. The van der Waals surface area contributed by atoms with Crippen LogP contribution in [0.1, 0.15) is 6.92 Å². The van der Waals surface area contributed by atoms with Crippen molar-refractivity contribution in [2.24, 2.45) is 0 Å². The highest BCUT2D eigenvalue weighted by atomic mass is 32.2. The molecule has 25 heavy (non-hydrogen) atoms. The highest BCUT2D eigenvalue weighted by Gasteiger charge is 2.26. The largest absolute Gasteiger partial charge is 0.338 e. The number of thioether (sulfide) groups is 1. The fourth-order valence-electron chi connectivity index (χ4n) is 2.91. The Morgan fingerprint density at radius 2 is 1.80 bits per heavy atom. The van der Waals surface area contributed by atoms with Gasteiger partial charge in [0.25, 0.3) is 0 Å². The summed E-state index contributed by atoms with van der Waals surface area (Å²) in [6.07, 6.45) is 5.53. The summed E-state index contributed by atoms with van der Waals surface area (Å²) in [5.41, 5.74) is 0.878. The van der Waals surface area contributed by atoms with E-state index in [9.17, 15) is 4.79 Å².